The summed E-state index contributed by atoms with van der Waals surface area (Å²) in [6.45, 7) is 1.61. The summed E-state index contributed by atoms with van der Waals surface area (Å²) in [6, 6.07) is 11.3. The Morgan fingerprint density at radius 3 is 2.36 bits per heavy atom. The van der Waals surface area contributed by atoms with E-state index < -0.39 is 5.82 Å². The summed E-state index contributed by atoms with van der Waals surface area (Å²) in [6.07, 6.45) is 2.34. The fraction of sp³-hybridized carbons (Fsp3) is 0.250. The van der Waals surface area contributed by atoms with Gasteiger partial charge in [-0.2, -0.15) is 0 Å². The average molecular weight is 401 g/mol. The first-order valence-electron chi connectivity index (χ1n) is 9.02. The third kappa shape index (κ3) is 3.33. The second-order valence-corrected chi connectivity index (χ2v) is 6.96. The Kier molecular flexibility index (Phi) is 5.00. The highest BCUT2D eigenvalue weighted by molar-refractivity contribution is 6.32. The molecule has 1 aromatic carbocycles. The topological polar surface area (TPSA) is 57.9 Å². The number of nitrogens with zero attached hydrogens (tertiary/aromatic N) is 4. The number of aromatic nitrogens is 2. The molecule has 3 heterocycles. The van der Waals surface area contributed by atoms with Crippen LogP contribution in [0.3, 0.4) is 0 Å². The van der Waals surface area contributed by atoms with Gasteiger partial charge in [-0.3, -0.25) is 14.0 Å². The lowest BCUT2D eigenvalue weighted by atomic mass is 10.2. The molecule has 0 unspecified atom stereocenters. The van der Waals surface area contributed by atoms with Crippen LogP contribution in [0.25, 0.3) is 5.65 Å². The van der Waals surface area contributed by atoms with Crippen LogP contribution < -0.4 is 0 Å². The second kappa shape index (κ2) is 7.59. The van der Waals surface area contributed by atoms with Crippen LogP contribution in [0.15, 0.2) is 48.7 Å². The molecule has 1 aliphatic heterocycles. The first kappa shape index (κ1) is 18.4. The molecule has 1 fully saturated rings. The quantitative estimate of drug-likeness (QED) is 0.664. The lowest BCUT2D eigenvalue weighted by molar-refractivity contribution is 0.0712. The normalized spacial score (nSPS) is 14.9. The SMILES string of the molecule is O=C(c1ccccc1F)N1CCCN(C(=O)c2c(Cl)nc3ccccn23)CC1. The van der Waals surface area contributed by atoms with E-state index in [1.165, 1.54) is 12.1 Å². The van der Waals surface area contributed by atoms with Crippen molar-refractivity contribution in [2.45, 2.75) is 6.42 Å². The molecule has 0 aliphatic carbocycles. The smallest absolute Gasteiger partial charge is 0.274 e. The highest BCUT2D eigenvalue weighted by atomic mass is 35.5. The number of halogens is 2. The number of benzene rings is 1. The van der Waals surface area contributed by atoms with Crippen LogP contribution in [0.4, 0.5) is 4.39 Å². The van der Waals surface area contributed by atoms with Crippen molar-refractivity contribution < 1.29 is 14.0 Å². The molecular weight excluding hydrogens is 383 g/mol. The first-order valence-corrected chi connectivity index (χ1v) is 9.39. The molecule has 0 N–H and O–H groups in total. The van der Waals surface area contributed by atoms with Crippen molar-refractivity contribution in [3.8, 4) is 0 Å². The number of carbonyl (C=O) groups excluding carboxylic acids is 2. The number of hydrogen-bond donors (Lipinski definition) is 0. The largest absolute Gasteiger partial charge is 0.337 e. The molecule has 3 aromatic rings. The molecule has 1 saturated heterocycles. The van der Waals surface area contributed by atoms with Crippen molar-refractivity contribution in [1.82, 2.24) is 19.2 Å². The maximum atomic E-state index is 13.9. The Balaban J connectivity index is 1.52. The van der Waals surface area contributed by atoms with Gasteiger partial charge in [0.15, 0.2) is 10.8 Å². The number of pyridine rings is 1. The van der Waals surface area contributed by atoms with E-state index in [4.69, 9.17) is 11.6 Å². The number of amides is 2. The van der Waals surface area contributed by atoms with E-state index in [0.29, 0.717) is 43.9 Å². The number of rotatable bonds is 2. The number of imidazole rings is 1. The van der Waals surface area contributed by atoms with Gasteiger partial charge in [-0.25, -0.2) is 9.37 Å². The molecule has 0 spiro atoms. The fourth-order valence-corrected chi connectivity index (χ4v) is 3.70. The van der Waals surface area contributed by atoms with Crippen LogP contribution in [-0.4, -0.2) is 57.2 Å². The molecule has 0 saturated carbocycles. The van der Waals surface area contributed by atoms with E-state index in [2.05, 4.69) is 4.98 Å². The lowest BCUT2D eigenvalue weighted by Crippen LogP contribution is -2.38. The predicted molar refractivity (Wildman–Crippen MR) is 103 cm³/mol. The zero-order valence-electron chi connectivity index (χ0n) is 15.0. The van der Waals surface area contributed by atoms with E-state index in [-0.39, 0.29) is 22.5 Å². The molecule has 8 heteroatoms. The number of fused-ring (bicyclic) bond motifs is 1. The molecule has 144 valence electrons. The van der Waals surface area contributed by atoms with E-state index in [9.17, 15) is 14.0 Å². The zero-order chi connectivity index (χ0) is 19.7. The number of carbonyl (C=O) groups is 2. The minimum absolute atomic E-state index is 0.0482. The van der Waals surface area contributed by atoms with Crippen LogP contribution in [0, 0.1) is 5.82 Å². The van der Waals surface area contributed by atoms with Crippen molar-refractivity contribution in [2.75, 3.05) is 26.2 Å². The monoisotopic (exact) mass is 400 g/mol. The van der Waals surface area contributed by atoms with Gasteiger partial charge >= 0.3 is 0 Å². The summed E-state index contributed by atoms with van der Waals surface area (Å²) < 4.78 is 15.6. The summed E-state index contributed by atoms with van der Waals surface area (Å²) in [5.41, 5.74) is 0.959. The zero-order valence-corrected chi connectivity index (χ0v) is 15.8. The summed E-state index contributed by atoms with van der Waals surface area (Å²) in [4.78, 5) is 33.2. The van der Waals surface area contributed by atoms with E-state index in [0.717, 1.165) is 0 Å². The Bertz CT molecular complexity index is 1050. The van der Waals surface area contributed by atoms with Gasteiger partial charge in [-0.05, 0) is 30.7 Å². The van der Waals surface area contributed by atoms with Gasteiger partial charge in [0.25, 0.3) is 11.8 Å². The van der Waals surface area contributed by atoms with Crippen molar-refractivity contribution in [3.63, 3.8) is 0 Å². The van der Waals surface area contributed by atoms with Gasteiger partial charge < -0.3 is 9.80 Å². The van der Waals surface area contributed by atoms with Gasteiger partial charge in [0.1, 0.15) is 11.5 Å². The standard InChI is InChI=1S/C20H18ClFN4O2/c21-18-17(26-11-4-3-8-16(26)23-18)20(28)25-10-5-9-24(12-13-25)19(27)14-6-1-2-7-15(14)22/h1-4,6-8,11H,5,9-10,12-13H2. The van der Waals surface area contributed by atoms with Crippen LogP contribution in [0.2, 0.25) is 5.15 Å². The van der Waals surface area contributed by atoms with Gasteiger partial charge in [-0.15, -0.1) is 0 Å². The van der Waals surface area contributed by atoms with Crippen molar-refractivity contribution in [1.29, 1.82) is 0 Å². The third-order valence-corrected chi connectivity index (χ3v) is 5.13. The predicted octanol–water partition coefficient (Wildman–Crippen LogP) is 3.12. The summed E-state index contributed by atoms with van der Waals surface area (Å²) in [5.74, 6) is -1.13. The molecule has 2 amide bonds. The Morgan fingerprint density at radius 1 is 0.929 bits per heavy atom. The van der Waals surface area contributed by atoms with Gasteiger partial charge in [0.05, 0.1) is 5.56 Å². The van der Waals surface area contributed by atoms with Crippen molar-refractivity contribution in [3.05, 3.63) is 70.9 Å². The maximum Gasteiger partial charge on any atom is 0.274 e. The molecule has 0 atom stereocenters. The van der Waals surface area contributed by atoms with Crippen LogP contribution in [0.5, 0.6) is 0 Å². The molecular formula is C20H18ClFN4O2. The van der Waals surface area contributed by atoms with Crippen LogP contribution >= 0.6 is 11.6 Å². The molecule has 6 nitrogen and oxygen atoms in total. The minimum Gasteiger partial charge on any atom is -0.337 e. The minimum atomic E-state index is -0.540. The Morgan fingerprint density at radius 2 is 1.61 bits per heavy atom. The first-order chi connectivity index (χ1) is 13.6. The molecule has 28 heavy (non-hydrogen) atoms. The molecule has 1 aliphatic rings. The van der Waals surface area contributed by atoms with Crippen molar-refractivity contribution >= 4 is 29.1 Å². The number of hydrogen-bond acceptors (Lipinski definition) is 3. The summed E-state index contributed by atoms with van der Waals surface area (Å²) in [5, 5.41) is 0.153. The van der Waals surface area contributed by atoms with Gasteiger partial charge in [-0.1, -0.05) is 29.8 Å². The summed E-state index contributed by atoms with van der Waals surface area (Å²) >= 11 is 6.21. The summed E-state index contributed by atoms with van der Waals surface area (Å²) in [7, 11) is 0. The Hall–Kier alpha value is -2.93. The highest BCUT2D eigenvalue weighted by Crippen LogP contribution is 2.21. The maximum absolute atomic E-state index is 13.9. The highest BCUT2D eigenvalue weighted by Gasteiger charge is 2.27. The lowest BCUT2D eigenvalue weighted by Gasteiger charge is -2.22. The molecule has 4 rings (SSSR count). The van der Waals surface area contributed by atoms with E-state index in [1.54, 1.807) is 44.7 Å². The van der Waals surface area contributed by atoms with Gasteiger partial charge in [0.2, 0.25) is 0 Å². The average Bonchev–Trinajstić information content (AvgIpc) is 2.87. The second-order valence-electron chi connectivity index (χ2n) is 6.60. The van der Waals surface area contributed by atoms with E-state index >= 15 is 0 Å². The third-order valence-electron chi connectivity index (χ3n) is 4.86. The molecule has 0 radical (unpaired) electrons. The van der Waals surface area contributed by atoms with Crippen LogP contribution in [-0.2, 0) is 0 Å². The fourth-order valence-electron chi connectivity index (χ4n) is 3.44. The molecule has 0 bridgehead atoms. The van der Waals surface area contributed by atoms with Gasteiger partial charge in [0, 0.05) is 32.4 Å². The Labute approximate surface area is 166 Å². The van der Waals surface area contributed by atoms with Crippen LogP contribution in [0.1, 0.15) is 27.3 Å². The molecule has 2 aromatic heterocycles. The van der Waals surface area contributed by atoms with Crippen molar-refractivity contribution in [2.24, 2.45) is 0 Å². The van der Waals surface area contributed by atoms with E-state index in [1.807, 2.05) is 6.07 Å².